The summed E-state index contributed by atoms with van der Waals surface area (Å²) in [6.07, 6.45) is 7.36. The number of hydrogen-bond donors (Lipinski definition) is 1. The molecule has 0 unspecified atom stereocenters. The standard InChI is InChI=1S/C19H27N3O2S/c1-19(11-7-4-8-12-19)15-25(23,24)20-13-17-14-22(2)21-18(17)16-9-5-3-6-10-16/h3,5-6,9-10,14,20H,4,7-8,11-13,15H2,1-2H3. The highest BCUT2D eigenvalue weighted by Gasteiger charge is 2.32. The van der Waals surface area contributed by atoms with Gasteiger partial charge < -0.3 is 0 Å². The lowest BCUT2D eigenvalue weighted by molar-refractivity contribution is 0.247. The van der Waals surface area contributed by atoms with E-state index >= 15 is 0 Å². The van der Waals surface area contributed by atoms with Gasteiger partial charge in [0.05, 0.1) is 11.4 Å². The van der Waals surface area contributed by atoms with Crippen molar-refractivity contribution in [3.05, 3.63) is 42.1 Å². The molecule has 6 heteroatoms. The molecule has 2 aromatic rings. The Balaban J connectivity index is 1.71. The van der Waals surface area contributed by atoms with Gasteiger partial charge in [-0.25, -0.2) is 13.1 Å². The molecule has 5 nitrogen and oxygen atoms in total. The summed E-state index contributed by atoms with van der Waals surface area (Å²) < 4.78 is 29.7. The Labute approximate surface area is 150 Å². The lowest BCUT2D eigenvalue weighted by atomic mass is 9.77. The number of nitrogens with one attached hydrogen (secondary N) is 1. The number of sulfonamides is 1. The van der Waals surface area contributed by atoms with E-state index in [1.165, 1.54) is 6.42 Å². The molecule has 0 bridgehead atoms. The molecule has 1 aliphatic rings. The third-order valence-electron chi connectivity index (χ3n) is 5.03. The molecule has 1 aliphatic carbocycles. The molecule has 0 radical (unpaired) electrons. The lowest BCUT2D eigenvalue weighted by Gasteiger charge is -2.33. The average molecular weight is 362 g/mol. The predicted molar refractivity (Wildman–Crippen MR) is 100 cm³/mol. The summed E-state index contributed by atoms with van der Waals surface area (Å²) in [6, 6.07) is 9.86. The topological polar surface area (TPSA) is 64.0 Å². The van der Waals surface area contributed by atoms with Crippen LogP contribution in [-0.4, -0.2) is 24.0 Å². The molecule has 1 heterocycles. The monoisotopic (exact) mass is 361 g/mol. The second-order valence-electron chi connectivity index (χ2n) is 7.49. The second-order valence-corrected chi connectivity index (χ2v) is 9.30. The van der Waals surface area contributed by atoms with Gasteiger partial charge in [-0.1, -0.05) is 56.5 Å². The van der Waals surface area contributed by atoms with Crippen molar-refractivity contribution in [3.63, 3.8) is 0 Å². The minimum absolute atomic E-state index is 0.0960. The smallest absolute Gasteiger partial charge is 0.212 e. The number of rotatable bonds is 6. The molecular weight excluding hydrogens is 334 g/mol. The number of aryl methyl sites for hydroxylation is 1. The summed E-state index contributed by atoms with van der Waals surface area (Å²) in [7, 11) is -1.46. The molecule has 3 rings (SSSR count). The second kappa shape index (κ2) is 7.30. The molecular formula is C19H27N3O2S. The van der Waals surface area contributed by atoms with E-state index in [0.717, 1.165) is 42.5 Å². The lowest BCUT2D eigenvalue weighted by Crippen LogP contribution is -2.36. The van der Waals surface area contributed by atoms with Crippen LogP contribution in [0.2, 0.25) is 0 Å². The average Bonchev–Trinajstić information content (AvgIpc) is 2.95. The molecule has 0 saturated heterocycles. The van der Waals surface area contributed by atoms with E-state index in [-0.39, 0.29) is 17.7 Å². The van der Waals surface area contributed by atoms with E-state index in [0.29, 0.717) is 0 Å². The Morgan fingerprint density at radius 3 is 2.52 bits per heavy atom. The fourth-order valence-electron chi connectivity index (χ4n) is 3.75. The van der Waals surface area contributed by atoms with E-state index in [1.807, 2.05) is 43.6 Å². The van der Waals surface area contributed by atoms with E-state index in [2.05, 4.69) is 16.7 Å². The van der Waals surface area contributed by atoms with Crippen molar-refractivity contribution in [3.8, 4) is 11.3 Å². The highest BCUT2D eigenvalue weighted by Crippen LogP contribution is 2.36. The Kier molecular flexibility index (Phi) is 5.29. The van der Waals surface area contributed by atoms with Gasteiger partial charge in [0, 0.05) is 30.9 Å². The van der Waals surface area contributed by atoms with E-state index in [9.17, 15) is 8.42 Å². The minimum Gasteiger partial charge on any atom is -0.275 e. The zero-order valence-corrected chi connectivity index (χ0v) is 15.8. The SMILES string of the molecule is Cn1cc(CNS(=O)(=O)CC2(C)CCCCC2)c(-c2ccccc2)n1. The first kappa shape index (κ1) is 18.1. The number of nitrogens with zero attached hydrogens (tertiary/aromatic N) is 2. The summed E-state index contributed by atoms with van der Waals surface area (Å²) in [5.74, 6) is 0.209. The fraction of sp³-hybridized carbons (Fsp3) is 0.526. The van der Waals surface area contributed by atoms with Crippen LogP contribution in [0.5, 0.6) is 0 Å². The predicted octanol–water partition coefficient (Wildman–Crippen LogP) is 3.48. The molecule has 136 valence electrons. The summed E-state index contributed by atoms with van der Waals surface area (Å²) >= 11 is 0. The number of aromatic nitrogens is 2. The summed E-state index contributed by atoms with van der Waals surface area (Å²) in [5.41, 5.74) is 2.62. The van der Waals surface area contributed by atoms with Gasteiger partial charge in [-0.05, 0) is 18.3 Å². The zero-order chi connectivity index (χ0) is 17.9. The fourth-order valence-corrected chi connectivity index (χ4v) is 5.44. The first-order chi connectivity index (χ1) is 11.9. The van der Waals surface area contributed by atoms with Crippen LogP contribution in [0.15, 0.2) is 36.5 Å². The van der Waals surface area contributed by atoms with Gasteiger partial charge >= 0.3 is 0 Å². The molecule has 1 saturated carbocycles. The molecule has 25 heavy (non-hydrogen) atoms. The van der Waals surface area contributed by atoms with Gasteiger partial charge in [-0.2, -0.15) is 5.10 Å². The van der Waals surface area contributed by atoms with Crippen LogP contribution in [0.3, 0.4) is 0 Å². The van der Waals surface area contributed by atoms with Crippen LogP contribution in [0, 0.1) is 5.41 Å². The Hall–Kier alpha value is -1.66. The van der Waals surface area contributed by atoms with Crippen molar-refractivity contribution in [1.82, 2.24) is 14.5 Å². The highest BCUT2D eigenvalue weighted by molar-refractivity contribution is 7.89. The van der Waals surface area contributed by atoms with Crippen molar-refractivity contribution in [2.24, 2.45) is 12.5 Å². The molecule has 1 N–H and O–H groups in total. The summed E-state index contributed by atoms with van der Waals surface area (Å²) in [5, 5.41) is 4.49. The maximum Gasteiger partial charge on any atom is 0.212 e. The number of benzene rings is 1. The van der Waals surface area contributed by atoms with Gasteiger partial charge in [-0.15, -0.1) is 0 Å². The van der Waals surface area contributed by atoms with Crippen molar-refractivity contribution < 1.29 is 8.42 Å². The quantitative estimate of drug-likeness (QED) is 0.857. The molecule has 0 amide bonds. The molecule has 0 atom stereocenters. The first-order valence-corrected chi connectivity index (χ1v) is 10.6. The van der Waals surface area contributed by atoms with Gasteiger partial charge in [0.25, 0.3) is 0 Å². The summed E-state index contributed by atoms with van der Waals surface area (Å²) in [4.78, 5) is 0. The van der Waals surface area contributed by atoms with Crippen LogP contribution in [0.25, 0.3) is 11.3 Å². The van der Waals surface area contributed by atoms with E-state index in [4.69, 9.17) is 0 Å². The van der Waals surface area contributed by atoms with Crippen LogP contribution < -0.4 is 4.72 Å². The third kappa shape index (κ3) is 4.70. The normalized spacial score (nSPS) is 17.5. The van der Waals surface area contributed by atoms with Crippen LogP contribution in [0.4, 0.5) is 0 Å². The Morgan fingerprint density at radius 2 is 1.84 bits per heavy atom. The zero-order valence-electron chi connectivity index (χ0n) is 15.0. The molecule has 0 spiro atoms. The van der Waals surface area contributed by atoms with Crippen LogP contribution in [-0.2, 0) is 23.6 Å². The molecule has 1 fully saturated rings. The van der Waals surface area contributed by atoms with Crippen molar-refractivity contribution in [1.29, 1.82) is 0 Å². The minimum atomic E-state index is -3.31. The highest BCUT2D eigenvalue weighted by atomic mass is 32.2. The van der Waals surface area contributed by atoms with Crippen molar-refractivity contribution in [2.45, 2.75) is 45.6 Å². The van der Waals surface area contributed by atoms with Gasteiger partial charge in [-0.3, -0.25) is 4.68 Å². The van der Waals surface area contributed by atoms with Crippen molar-refractivity contribution >= 4 is 10.0 Å². The molecule has 0 aliphatic heterocycles. The Morgan fingerprint density at radius 1 is 1.16 bits per heavy atom. The van der Waals surface area contributed by atoms with Crippen LogP contribution >= 0.6 is 0 Å². The van der Waals surface area contributed by atoms with Gasteiger partial charge in [0.1, 0.15) is 0 Å². The Bertz CT molecular complexity index is 806. The summed E-state index contributed by atoms with van der Waals surface area (Å²) in [6.45, 7) is 2.38. The van der Waals surface area contributed by atoms with Crippen LogP contribution in [0.1, 0.15) is 44.6 Å². The first-order valence-electron chi connectivity index (χ1n) is 8.92. The van der Waals surface area contributed by atoms with Gasteiger partial charge in [0.2, 0.25) is 10.0 Å². The number of hydrogen-bond acceptors (Lipinski definition) is 3. The molecule has 1 aromatic heterocycles. The van der Waals surface area contributed by atoms with Gasteiger partial charge in [0.15, 0.2) is 0 Å². The maximum atomic E-state index is 12.6. The van der Waals surface area contributed by atoms with Crippen molar-refractivity contribution in [2.75, 3.05) is 5.75 Å². The van der Waals surface area contributed by atoms with E-state index in [1.54, 1.807) is 4.68 Å². The third-order valence-corrected chi connectivity index (χ3v) is 6.69. The maximum absolute atomic E-state index is 12.6. The molecule has 1 aromatic carbocycles. The largest absolute Gasteiger partial charge is 0.275 e. The van der Waals surface area contributed by atoms with E-state index < -0.39 is 10.0 Å².